The molecule has 0 radical (unpaired) electrons. The number of anilines is 1. The quantitative estimate of drug-likeness (QED) is 0.816. The highest BCUT2D eigenvalue weighted by Gasteiger charge is 2.23. The fourth-order valence-corrected chi connectivity index (χ4v) is 2.33. The van der Waals surface area contributed by atoms with Crippen LogP contribution in [0.1, 0.15) is 22.5 Å². The summed E-state index contributed by atoms with van der Waals surface area (Å²) in [7, 11) is 1.33. The van der Waals surface area contributed by atoms with E-state index in [2.05, 4.69) is 36.3 Å². The highest BCUT2D eigenvalue weighted by Crippen LogP contribution is 2.25. The number of hydrogen-bond acceptors (Lipinski definition) is 5. The normalized spacial score (nSPS) is 18.1. The van der Waals surface area contributed by atoms with E-state index in [0.29, 0.717) is 34.5 Å². The van der Waals surface area contributed by atoms with E-state index in [1.54, 1.807) is 13.0 Å². The molecule has 2 heterocycles. The standard InChI is InChI=1S/C12H14BrN3O3/c1-6-8(12(18)19-2)4-9(13)11(15-6)16-7-3-10(17)14-5-7/h4,7H,3,5H2,1-2H3,(H,14,17)(H,15,16). The van der Waals surface area contributed by atoms with Gasteiger partial charge in [-0.05, 0) is 28.9 Å². The molecule has 1 aliphatic rings. The molecule has 1 aromatic rings. The van der Waals surface area contributed by atoms with Crippen LogP contribution in [0.4, 0.5) is 5.82 Å². The van der Waals surface area contributed by atoms with Crippen molar-refractivity contribution in [3.05, 3.63) is 21.8 Å². The average Bonchev–Trinajstić information content (AvgIpc) is 2.78. The molecule has 102 valence electrons. The first kappa shape index (κ1) is 13.8. The summed E-state index contributed by atoms with van der Waals surface area (Å²) < 4.78 is 5.35. The van der Waals surface area contributed by atoms with Crippen LogP contribution in [0.5, 0.6) is 0 Å². The third-order valence-electron chi connectivity index (χ3n) is 2.89. The highest BCUT2D eigenvalue weighted by molar-refractivity contribution is 9.10. The number of nitrogens with zero attached hydrogens (tertiary/aromatic N) is 1. The Morgan fingerprint density at radius 3 is 2.95 bits per heavy atom. The number of carbonyl (C=O) groups excluding carboxylic acids is 2. The summed E-state index contributed by atoms with van der Waals surface area (Å²) in [6.07, 6.45) is 0.423. The zero-order valence-electron chi connectivity index (χ0n) is 10.6. The lowest BCUT2D eigenvalue weighted by atomic mass is 10.2. The molecule has 1 unspecified atom stereocenters. The van der Waals surface area contributed by atoms with E-state index in [9.17, 15) is 9.59 Å². The van der Waals surface area contributed by atoms with Crippen molar-refractivity contribution in [3.63, 3.8) is 0 Å². The summed E-state index contributed by atoms with van der Waals surface area (Å²) in [5.74, 6) is 0.220. The molecule has 1 saturated heterocycles. The van der Waals surface area contributed by atoms with E-state index in [-0.39, 0.29) is 11.9 Å². The van der Waals surface area contributed by atoms with Crippen molar-refractivity contribution >= 4 is 33.6 Å². The van der Waals surface area contributed by atoms with Gasteiger partial charge in [0.1, 0.15) is 5.82 Å². The fourth-order valence-electron chi connectivity index (χ4n) is 1.90. The smallest absolute Gasteiger partial charge is 0.339 e. The van der Waals surface area contributed by atoms with E-state index >= 15 is 0 Å². The van der Waals surface area contributed by atoms with Gasteiger partial charge >= 0.3 is 5.97 Å². The number of amides is 1. The Balaban J connectivity index is 2.20. The molecule has 1 aromatic heterocycles. The maximum atomic E-state index is 11.5. The number of nitrogens with one attached hydrogen (secondary N) is 2. The molecule has 0 spiro atoms. The summed E-state index contributed by atoms with van der Waals surface area (Å²) in [4.78, 5) is 27.0. The molecule has 0 aliphatic carbocycles. The molecular weight excluding hydrogens is 314 g/mol. The van der Waals surface area contributed by atoms with E-state index in [1.165, 1.54) is 7.11 Å². The topological polar surface area (TPSA) is 80.3 Å². The van der Waals surface area contributed by atoms with Crippen LogP contribution < -0.4 is 10.6 Å². The van der Waals surface area contributed by atoms with Crippen LogP contribution in [-0.2, 0) is 9.53 Å². The van der Waals surface area contributed by atoms with Crippen molar-refractivity contribution in [2.24, 2.45) is 0 Å². The van der Waals surface area contributed by atoms with Gasteiger partial charge in [-0.3, -0.25) is 4.79 Å². The molecule has 1 aliphatic heterocycles. The third-order valence-corrected chi connectivity index (χ3v) is 3.49. The molecule has 0 aromatic carbocycles. The molecule has 0 bridgehead atoms. The highest BCUT2D eigenvalue weighted by atomic mass is 79.9. The molecule has 0 saturated carbocycles. The fraction of sp³-hybridized carbons (Fsp3) is 0.417. The summed E-state index contributed by atoms with van der Waals surface area (Å²) in [6, 6.07) is 1.68. The zero-order valence-corrected chi connectivity index (χ0v) is 12.2. The van der Waals surface area contributed by atoms with Crippen LogP contribution in [0.2, 0.25) is 0 Å². The summed E-state index contributed by atoms with van der Waals surface area (Å²) >= 11 is 3.36. The van der Waals surface area contributed by atoms with Gasteiger partial charge in [-0.2, -0.15) is 0 Å². The van der Waals surface area contributed by atoms with Gasteiger partial charge in [0.05, 0.1) is 28.9 Å². The monoisotopic (exact) mass is 327 g/mol. The molecule has 2 N–H and O–H groups in total. The average molecular weight is 328 g/mol. The van der Waals surface area contributed by atoms with Crippen molar-refractivity contribution in [2.75, 3.05) is 19.0 Å². The number of rotatable bonds is 3. The largest absolute Gasteiger partial charge is 0.465 e. The number of methoxy groups -OCH3 is 1. The minimum Gasteiger partial charge on any atom is -0.465 e. The number of aromatic nitrogens is 1. The Morgan fingerprint density at radius 2 is 2.37 bits per heavy atom. The number of ether oxygens (including phenoxy) is 1. The second kappa shape index (κ2) is 5.56. The first-order valence-corrected chi connectivity index (χ1v) is 6.59. The number of aryl methyl sites for hydroxylation is 1. The molecule has 1 amide bonds. The number of hydrogen-bond donors (Lipinski definition) is 2. The van der Waals surface area contributed by atoms with E-state index < -0.39 is 5.97 Å². The Labute approximate surface area is 119 Å². The van der Waals surface area contributed by atoms with Crippen molar-refractivity contribution in [1.29, 1.82) is 0 Å². The van der Waals surface area contributed by atoms with Crippen LogP contribution >= 0.6 is 15.9 Å². The second-order valence-corrected chi connectivity index (χ2v) is 5.15. The Hall–Kier alpha value is -1.63. The summed E-state index contributed by atoms with van der Waals surface area (Å²) in [6.45, 7) is 2.31. The lowest BCUT2D eigenvalue weighted by molar-refractivity contribution is -0.119. The van der Waals surface area contributed by atoms with Gasteiger partial charge in [0.15, 0.2) is 0 Å². The zero-order chi connectivity index (χ0) is 14.0. The second-order valence-electron chi connectivity index (χ2n) is 4.29. The minimum atomic E-state index is -0.421. The minimum absolute atomic E-state index is 0.0136. The molecule has 1 fully saturated rings. The van der Waals surface area contributed by atoms with Crippen molar-refractivity contribution in [1.82, 2.24) is 10.3 Å². The Morgan fingerprint density at radius 1 is 1.63 bits per heavy atom. The molecule has 2 rings (SSSR count). The Kier molecular flexibility index (Phi) is 4.04. The molecule has 7 heteroatoms. The molecule has 1 atom stereocenters. The van der Waals surface area contributed by atoms with Crippen LogP contribution in [0.25, 0.3) is 0 Å². The number of halogens is 1. The SMILES string of the molecule is COC(=O)c1cc(Br)c(NC2CNC(=O)C2)nc1C. The van der Waals surface area contributed by atoms with E-state index in [4.69, 9.17) is 0 Å². The predicted octanol–water partition coefficient (Wildman–Crippen LogP) is 1.24. The molecule has 6 nitrogen and oxygen atoms in total. The maximum Gasteiger partial charge on any atom is 0.339 e. The predicted molar refractivity (Wildman–Crippen MR) is 73.1 cm³/mol. The molecule has 19 heavy (non-hydrogen) atoms. The lowest BCUT2D eigenvalue weighted by Gasteiger charge is -2.14. The van der Waals surface area contributed by atoms with Crippen molar-refractivity contribution in [2.45, 2.75) is 19.4 Å². The van der Waals surface area contributed by atoms with E-state index in [0.717, 1.165) is 0 Å². The first-order chi connectivity index (χ1) is 9.01. The summed E-state index contributed by atoms with van der Waals surface area (Å²) in [5.41, 5.74) is 0.996. The van der Waals surface area contributed by atoms with Gasteiger partial charge in [-0.15, -0.1) is 0 Å². The van der Waals surface area contributed by atoms with Gasteiger partial charge in [0.2, 0.25) is 5.91 Å². The van der Waals surface area contributed by atoms with Gasteiger partial charge in [-0.1, -0.05) is 0 Å². The number of carbonyl (C=O) groups is 2. The summed E-state index contributed by atoms with van der Waals surface area (Å²) in [5, 5.41) is 5.92. The molecular formula is C12H14BrN3O3. The van der Waals surface area contributed by atoms with E-state index in [1.807, 2.05) is 0 Å². The van der Waals surface area contributed by atoms with Gasteiger partial charge < -0.3 is 15.4 Å². The Bertz CT molecular complexity index is 533. The maximum absolute atomic E-state index is 11.5. The van der Waals surface area contributed by atoms with Crippen LogP contribution in [0, 0.1) is 6.92 Å². The lowest BCUT2D eigenvalue weighted by Crippen LogP contribution is -2.23. The van der Waals surface area contributed by atoms with Gasteiger partial charge in [-0.25, -0.2) is 9.78 Å². The third kappa shape index (κ3) is 3.04. The van der Waals surface area contributed by atoms with Crippen molar-refractivity contribution < 1.29 is 14.3 Å². The van der Waals surface area contributed by atoms with Crippen LogP contribution in [0.3, 0.4) is 0 Å². The van der Waals surface area contributed by atoms with Crippen LogP contribution in [0.15, 0.2) is 10.5 Å². The number of pyridine rings is 1. The van der Waals surface area contributed by atoms with Gasteiger partial charge in [0, 0.05) is 13.0 Å². The number of esters is 1. The van der Waals surface area contributed by atoms with Crippen molar-refractivity contribution in [3.8, 4) is 0 Å². The van der Waals surface area contributed by atoms with Gasteiger partial charge in [0.25, 0.3) is 0 Å². The van der Waals surface area contributed by atoms with Crippen LogP contribution in [-0.4, -0.2) is 36.6 Å². The first-order valence-electron chi connectivity index (χ1n) is 5.80.